The summed E-state index contributed by atoms with van der Waals surface area (Å²) in [6.45, 7) is 6.23. The lowest BCUT2D eigenvalue weighted by atomic mass is 10.1. The smallest absolute Gasteiger partial charge is 0.245 e. The van der Waals surface area contributed by atoms with Crippen molar-refractivity contribution < 1.29 is 4.79 Å². The Morgan fingerprint density at radius 3 is 2.77 bits per heavy atom. The average molecular weight is 391 g/mol. The van der Waals surface area contributed by atoms with Crippen molar-refractivity contribution in [2.75, 3.05) is 42.5 Å². The summed E-state index contributed by atoms with van der Waals surface area (Å²) in [4.78, 5) is 24.0. The Morgan fingerprint density at radius 2 is 2.04 bits per heavy atom. The summed E-state index contributed by atoms with van der Waals surface area (Å²) in [6, 6.07) is 5.95. The van der Waals surface area contributed by atoms with Gasteiger partial charge in [0.05, 0.1) is 0 Å². The topological polar surface area (TPSA) is 39.7 Å². The number of anilines is 2. The highest BCUT2D eigenvalue weighted by molar-refractivity contribution is 7.13. The first-order chi connectivity index (χ1) is 12.6. The molecule has 0 spiro atoms. The molecule has 7 heteroatoms. The van der Waals surface area contributed by atoms with Crippen LogP contribution >= 0.6 is 22.9 Å². The number of nitrogens with zero attached hydrogens (tertiary/aromatic N) is 4. The lowest BCUT2D eigenvalue weighted by Crippen LogP contribution is -2.54. The van der Waals surface area contributed by atoms with Gasteiger partial charge in [0.1, 0.15) is 6.04 Å². The molecule has 2 aliphatic rings. The Kier molecular flexibility index (Phi) is 5.05. The van der Waals surface area contributed by atoms with Gasteiger partial charge in [-0.1, -0.05) is 17.7 Å². The normalized spacial score (nSPS) is 20.7. The summed E-state index contributed by atoms with van der Waals surface area (Å²) in [5, 5.41) is 3.70. The van der Waals surface area contributed by atoms with Gasteiger partial charge >= 0.3 is 0 Å². The molecular formula is C19H23ClN4OS. The SMILES string of the molecule is Cc1ccc(Cl)cc1N1CCN(C(=O)C2CCCN2c2nccs2)CC1. The molecule has 4 rings (SSSR count). The summed E-state index contributed by atoms with van der Waals surface area (Å²) in [7, 11) is 0. The third kappa shape index (κ3) is 3.40. The van der Waals surface area contributed by atoms with E-state index < -0.39 is 0 Å². The number of carbonyl (C=O) groups excluding carboxylic acids is 1. The number of rotatable bonds is 3. The molecular weight excluding hydrogens is 368 g/mol. The molecule has 1 aromatic heterocycles. The molecule has 2 fully saturated rings. The summed E-state index contributed by atoms with van der Waals surface area (Å²) < 4.78 is 0. The molecule has 0 bridgehead atoms. The molecule has 2 saturated heterocycles. The van der Waals surface area contributed by atoms with Crippen LogP contribution in [0, 0.1) is 6.92 Å². The van der Waals surface area contributed by atoms with Gasteiger partial charge in [-0.3, -0.25) is 4.79 Å². The van der Waals surface area contributed by atoms with Crippen LogP contribution < -0.4 is 9.80 Å². The molecule has 1 amide bonds. The predicted molar refractivity (Wildman–Crippen MR) is 107 cm³/mol. The zero-order valence-electron chi connectivity index (χ0n) is 14.9. The Hall–Kier alpha value is -1.79. The van der Waals surface area contributed by atoms with E-state index in [1.165, 1.54) is 11.3 Å². The highest BCUT2D eigenvalue weighted by atomic mass is 35.5. The molecule has 1 aromatic carbocycles. The van der Waals surface area contributed by atoms with Crippen LogP contribution in [-0.2, 0) is 4.79 Å². The van der Waals surface area contributed by atoms with Crippen molar-refractivity contribution in [1.82, 2.24) is 9.88 Å². The van der Waals surface area contributed by atoms with Crippen LogP contribution in [0.4, 0.5) is 10.8 Å². The van der Waals surface area contributed by atoms with Crippen molar-refractivity contribution in [1.29, 1.82) is 0 Å². The highest BCUT2D eigenvalue weighted by Gasteiger charge is 2.36. The summed E-state index contributed by atoms with van der Waals surface area (Å²) in [5.74, 6) is 0.250. The van der Waals surface area contributed by atoms with Gasteiger partial charge in [-0.05, 0) is 37.5 Å². The number of amides is 1. The number of aryl methyl sites for hydroxylation is 1. The van der Waals surface area contributed by atoms with E-state index in [2.05, 4.69) is 27.8 Å². The fourth-order valence-corrected chi connectivity index (χ4v) is 4.80. The van der Waals surface area contributed by atoms with Crippen LogP contribution in [-0.4, -0.2) is 54.6 Å². The van der Waals surface area contributed by atoms with Crippen molar-refractivity contribution in [3.63, 3.8) is 0 Å². The molecule has 2 aromatic rings. The number of piperazine rings is 1. The molecule has 138 valence electrons. The molecule has 26 heavy (non-hydrogen) atoms. The maximum absolute atomic E-state index is 13.1. The maximum atomic E-state index is 13.1. The van der Waals surface area contributed by atoms with Crippen LogP contribution in [0.1, 0.15) is 18.4 Å². The molecule has 5 nitrogen and oxygen atoms in total. The van der Waals surface area contributed by atoms with Crippen LogP contribution in [0.15, 0.2) is 29.8 Å². The van der Waals surface area contributed by atoms with Crippen molar-refractivity contribution in [3.05, 3.63) is 40.4 Å². The van der Waals surface area contributed by atoms with Gasteiger partial charge in [-0.25, -0.2) is 4.98 Å². The fourth-order valence-electron chi connectivity index (χ4n) is 3.91. The van der Waals surface area contributed by atoms with Gasteiger partial charge in [0.2, 0.25) is 5.91 Å². The third-order valence-electron chi connectivity index (χ3n) is 5.31. The minimum atomic E-state index is -0.0550. The second kappa shape index (κ2) is 7.45. The van der Waals surface area contributed by atoms with E-state index in [-0.39, 0.29) is 11.9 Å². The van der Waals surface area contributed by atoms with E-state index in [1.54, 1.807) is 11.3 Å². The summed E-state index contributed by atoms with van der Waals surface area (Å²) in [5.41, 5.74) is 2.40. The minimum Gasteiger partial charge on any atom is -0.368 e. The second-order valence-electron chi connectivity index (χ2n) is 6.91. The van der Waals surface area contributed by atoms with E-state index >= 15 is 0 Å². The van der Waals surface area contributed by atoms with E-state index in [0.717, 1.165) is 55.7 Å². The van der Waals surface area contributed by atoms with Crippen molar-refractivity contribution in [2.45, 2.75) is 25.8 Å². The van der Waals surface area contributed by atoms with Gasteiger partial charge in [-0.2, -0.15) is 0 Å². The third-order valence-corrected chi connectivity index (χ3v) is 6.35. The van der Waals surface area contributed by atoms with Gasteiger partial charge in [0, 0.05) is 55.0 Å². The van der Waals surface area contributed by atoms with E-state index in [4.69, 9.17) is 11.6 Å². The zero-order chi connectivity index (χ0) is 18.1. The number of carbonyl (C=O) groups is 1. The second-order valence-corrected chi connectivity index (χ2v) is 8.22. The number of benzene rings is 1. The molecule has 3 heterocycles. The fraction of sp³-hybridized carbons (Fsp3) is 0.474. The summed E-state index contributed by atoms with van der Waals surface area (Å²) in [6.07, 6.45) is 3.79. The molecule has 2 aliphatic heterocycles. The molecule has 1 atom stereocenters. The first-order valence-electron chi connectivity index (χ1n) is 9.09. The molecule has 0 radical (unpaired) electrons. The highest BCUT2D eigenvalue weighted by Crippen LogP contribution is 2.29. The number of halogens is 1. The van der Waals surface area contributed by atoms with Crippen LogP contribution in [0.5, 0.6) is 0 Å². The van der Waals surface area contributed by atoms with Crippen LogP contribution in [0.3, 0.4) is 0 Å². The quantitative estimate of drug-likeness (QED) is 0.805. The monoisotopic (exact) mass is 390 g/mol. The lowest BCUT2D eigenvalue weighted by Gasteiger charge is -2.38. The minimum absolute atomic E-state index is 0.0550. The van der Waals surface area contributed by atoms with Gasteiger partial charge < -0.3 is 14.7 Å². The maximum Gasteiger partial charge on any atom is 0.245 e. The van der Waals surface area contributed by atoms with E-state index in [1.807, 2.05) is 28.6 Å². The van der Waals surface area contributed by atoms with E-state index in [0.29, 0.717) is 0 Å². The standard InChI is InChI=1S/C19H23ClN4OS/c1-14-4-5-15(20)13-17(14)22-8-10-23(11-9-22)18(25)16-3-2-7-24(16)19-21-6-12-26-19/h4-6,12-13,16H,2-3,7-11H2,1H3. The predicted octanol–water partition coefficient (Wildman–Crippen LogP) is 3.42. The van der Waals surface area contributed by atoms with Gasteiger partial charge in [0.15, 0.2) is 5.13 Å². The van der Waals surface area contributed by atoms with Gasteiger partial charge in [0.25, 0.3) is 0 Å². The first kappa shape index (κ1) is 17.6. The lowest BCUT2D eigenvalue weighted by molar-refractivity contribution is -0.132. The molecule has 0 aliphatic carbocycles. The largest absolute Gasteiger partial charge is 0.368 e. The molecule has 0 N–H and O–H groups in total. The molecule has 1 unspecified atom stereocenters. The van der Waals surface area contributed by atoms with Crippen LogP contribution in [0.2, 0.25) is 5.02 Å². The number of hydrogen-bond donors (Lipinski definition) is 0. The molecule has 0 saturated carbocycles. The Morgan fingerprint density at radius 1 is 1.23 bits per heavy atom. The Balaban J connectivity index is 1.41. The number of thiazole rings is 1. The number of hydrogen-bond acceptors (Lipinski definition) is 5. The Labute approximate surface area is 163 Å². The zero-order valence-corrected chi connectivity index (χ0v) is 16.5. The van der Waals surface area contributed by atoms with Crippen molar-refractivity contribution in [2.24, 2.45) is 0 Å². The van der Waals surface area contributed by atoms with Crippen molar-refractivity contribution >= 4 is 39.7 Å². The number of aromatic nitrogens is 1. The first-order valence-corrected chi connectivity index (χ1v) is 10.4. The van der Waals surface area contributed by atoms with Crippen LogP contribution in [0.25, 0.3) is 0 Å². The van der Waals surface area contributed by atoms with E-state index in [9.17, 15) is 4.79 Å². The van der Waals surface area contributed by atoms with Crippen molar-refractivity contribution in [3.8, 4) is 0 Å². The average Bonchev–Trinajstić information content (AvgIpc) is 3.34. The Bertz CT molecular complexity index is 774. The summed E-state index contributed by atoms with van der Waals surface area (Å²) >= 11 is 7.78. The van der Waals surface area contributed by atoms with Gasteiger partial charge in [-0.15, -0.1) is 11.3 Å².